The van der Waals surface area contributed by atoms with Crippen molar-refractivity contribution in [1.29, 1.82) is 0 Å². The number of anilines is 1. The van der Waals surface area contributed by atoms with Gasteiger partial charge in [0.15, 0.2) is 0 Å². The second-order valence-corrected chi connectivity index (χ2v) is 6.23. The molecule has 0 aliphatic heterocycles. The van der Waals surface area contributed by atoms with E-state index in [9.17, 15) is 4.79 Å². The Balaban J connectivity index is 2.71. The van der Waals surface area contributed by atoms with Crippen molar-refractivity contribution < 1.29 is 4.79 Å². The number of rotatable bonds is 4. The van der Waals surface area contributed by atoms with Crippen molar-refractivity contribution in [3.63, 3.8) is 0 Å². The molecule has 19 heavy (non-hydrogen) atoms. The molecule has 1 amide bonds. The van der Waals surface area contributed by atoms with Crippen molar-refractivity contribution in [3.8, 4) is 0 Å². The minimum atomic E-state index is -0.452. The summed E-state index contributed by atoms with van der Waals surface area (Å²) in [7, 11) is 0. The molecule has 2 atom stereocenters. The number of carbonyl (C=O) groups is 1. The lowest BCUT2D eigenvalue weighted by molar-refractivity contribution is -0.118. The summed E-state index contributed by atoms with van der Waals surface area (Å²) in [4.78, 5) is 12.0. The van der Waals surface area contributed by atoms with Crippen LogP contribution in [0.3, 0.4) is 0 Å². The van der Waals surface area contributed by atoms with Gasteiger partial charge in [0.2, 0.25) is 5.91 Å². The van der Waals surface area contributed by atoms with Gasteiger partial charge >= 0.3 is 0 Å². The van der Waals surface area contributed by atoms with Gasteiger partial charge in [-0.3, -0.25) is 4.79 Å². The highest BCUT2D eigenvalue weighted by Gasteiger charge is 2.19. The number of carbonyl (C=O) groups excluding carboxylic acids is 1. The van der Waals surface area contributed by atoms with Crippen molar-refractivity contribution in [2.45, 2.75) is 52.5 Å². The third-order valence-corrected chi connectivity index (χ3v) is 3.58. The Bertz CT molecular complexity index is 417. The molecule has 1 aromatic rings. The molecule has 0 fully saturated rings. The summed E-state index contributed by atoms with van der Waals surface area (Å²) in [5.41, 5.74) is 8.08. The van der Waals surface area contributed by atoms with Gasteiger partial charge in [-0.25, -0.2) is 0 Å². The number of benzene rings is 1. The van der Waals surface area contributed by atoms with Gasteiger partial charge in [-0.15, -0.1) is 0 Å². The molecule has 3 nitrogen and oxygen atoms in total. The molecule has 0 saturated heterocycles. The molecular formula is C16H26N2O. The fourth-order valence-electron chi connectivity index (χ4n) is 1.79. The molecule has 3 heteroatoms. The molecule has 106 valence electrons. The van der Waals surface area contributed by atoms with E-state index in [0.29, 0.717) is 0 Å². The zero-order chi connectivity index (χ0) is 14.6. The van der Waals surface area contributed by atoms with E-state index in [2.05, 4.69) is 26.1 Å². The number of amides is 1. The quantitative estimate of drug-likeness (QED) is 0.874. The summed E-state index contributed by atoms with van der Waals surface area (Å²) >= 11 is 0. The topological polar surface area (TPSA) is 55.1 Å². The molecule has 0 radical (unpaired) electrons. The van der Waals surface area contributed by atoms with Crippen LogP contribution in [-0.4, -0.2) is 11.9 Å². The van der Waals surface area contributed by atoms with Crippen LogP contribution in [0.1, 0.15) is 46.6 Å². The van der Waals surface area contributed by atoms with Gasteiger partial charge in [-0.05, 0) is 29.0 Å². The van der Waals surface area contributed by atoms with Crippen LogP contribution in [0.5, 0.6) is 0 Å². The lowest BCUT2D eigenvalue weighted by Gasteiger charge is -2.20. The third kappa shape index (κ3) is 4.35. The zero-order valence-electron chi connectivity index (χ0n) is 12.7. The molecule has 0 aliphatic carbocycles. The Labute approximate surface area is 116 Å². The Morgan fingerprint density at radius 1 is 1.26 bits per heavy atom. The van der Waals surface area contributed by atoms with Gasteiger partial charge < -0.3 is 11.1 Å². The first-order valence-electron chi connectivity index (χ1n) is 6.92. The third-order valence-electron chi connectivity index (χ3n) is 3.58. The largest absolute Gasteiger partial charge is 0.325 e. The lowest BCUT2D eigenvalue weighted by Crippen LogP contribution is -2.40. The summed E-state index contributed by atoms with van der Waals surface area (Å²) in [6.07, 6.45) is 0.900. The number of nitrogens with one attached hydrogen (secondary N) is 1. The van der Waals surface area contributed by atoms with Gasteiger partial charge in [-0.2, -0.15) is 0 Å². The van der Waals surface area contributed by atoms with E-state index in [0.717, 1.165) is 12.1 Å². The molecule has 1 unspecified atom stereocenters. The Morgan fingerprint density at radius 3 is 2.21 bits per heavy atom. The molecule has 1 aromatic carbocycles. The predicted octanol–water partition coefficient (Wildman–Crippen LogP) is 3.30. The van der Waals surface area contributed by atoms with Crippen molar-refractivity contribution in [3.05, 3.63) is 29.8 Å². The minimum absolute atomic E-state index is 0.113. The van der Waals surface area contributed by atoms with Crippen LogP contribution in [0.4, 0.5) is 5.69 Å². The maximum absolute atomic E-state index is 12.0. The predicted molar refractivity (Wildman–Crippen MR) is 81.2 cm³/mol. The fourth-order valence-corrected chi connectivity index (χ4v) is 1.79. The summed E-state index contributed by atoms with van der Waals surface area (Å²) in [6.45, 7) is 10.5. The van der Waals surface area contributed by atoms with Crippen LogP contribution < -0.4 is 11.1 Å². The van der Waals surface area contributed by atoms with E-state index in [1.807, 2.05) is 38.1 Å². The first-order valence-corrected chi connectivity index (χ1v) is 6.92. The highest BCUT2D eigenvalue weighted by atomic mass is 16.2. The molecule has 3 N–H and O–H groups in total. The van der Waals surface area contributed by atoms with E-state index < -0.39 is 6.04 Å². The molecule has 0 heterocycles. The van der Waals surface area contributed by atoms with Gasteiger partial charge in [0.1, 0.15) is 0 Å². The van der Waals surface area contributed by atoms with Gasteiger partial charge in [0.25, 0.3) is 0 Å². The molecule has 0 saturated carbocycles. The van der Waals surface area contributed by atoms with Crippen LogP contribution in [0.2, 0.25) is 0 Å². The molecule has 1 rings (SSSR count). The van der Waals surface area contributed by atoms with Crippen LogP contribution in [0.25, 0.3) is 0 Å². The highest BCUT2D eigenvalue weighted by molar-refractivity contribution is 5.94. The maximum atomic E-state index is 12.0. The van der Waals surface area contributed by atoms with Crippen LogP contribution >= 0.6 is 0 Å². The summed E-state index contributed by atoms with van der Waals surface area (Å²) in [5.74, 6) is 0.0757. The fraction of sp³-hybridized carbons (Fsp3) is 0.562. The first kappa shape index (κ1) is 15.7. The molecule has 0 spiro atoms. The smallest absolute Gasteiger partial charge is 0.241 e. The second kappa shape index (κ2) is 6.20. The lowest BCUT2D eigenvalue weighted by atomic mass is 9.87. The van der Waals surface area contributed by atoms with E-state index in [-0.39, 0.29) is 17.2 Å². The summed E-state index contributed by atoms with van der Waals surface area (Å²) < 4.78 is 0. The van der Waals surface area contributed by atoms with E-state index in [1.54, 1.807) is 0 Å². The van der Waals surface area contributed by atoms with Crippen molar-refractivity contribution in [2.75, 3.05) is 5.32 Å². The van der Waals surface area contributed by atoms with Crippen molar-refractivity contribution in [2.24, 2.45) is 11.7 Å². The average molecular weight is 262 g/mol. The average Bonchev–Trinajstić information content (AvgIpc) is 2.36. The van der Waals surface area contributed by atoms with Crippen LogP contribution in [-0.2, 0) is 10.2 Å². The van der Waals surface area contributed by atoms with Crippen molar-refractivity contribution >= 4 is 11.6 Å². The monoisotopic (exact) mass is 262 g/mol. The van der Waals surface area contributed by atoms with Gasteiger partial charge in [0.05, 0.1) is 6.04 Å². The first-order chi connectivity index (χ1) is 8.75. The maximum Gasteiger partial charge on any atom is 0.241 e. The second-order valence-electron chi connectivity index (χ2n) is 6.23. The standard InChI is InChI=1S/C16H26N2O/c1-6-11(2)14(17)15(19)18-13-9-7-12(8-10-13)16(3,4)5/h7-11,14H,6,17H2,1-5H3,(H,18,19)/t11?,14-/m0/s1. The Kier molecular flexibility index (Phi) is 5.12. The zero-order valence-corrected chi connectivity index (χ0v) is 12.7. The molecule has 0 bridgehead atoms. The summed E-state index contributed by atoms with van der Waals surface area (Å²) in [6, 6.07) is 7.51. The SMILES string of the molecule is CCC(C)[C@H](N)C(=O)Nc1ccc(C(C)(C)C)cc1. The normalized spacial score (nSPS) is 14.8. The van der Waals surface area contributed by atoms with Crippen molar-refractivity contribution in [1.82, 2.24) is 0 Å². The van der Waals surface area contributed by atoms with Crippen LogP contribution in [0.15, 0.2) is 24.3 Å². The minimum Gasteiger partial charge on any atom is -0.325 e. The number of hydrogen-bond donors (Lipinski definition) is 2. The molecular weight excluding hydrogens is 236 g/mol. The van der Waals surface area contributed by atoms with Gasteiger partial charge in [0, 0.05) is 5.69 Å². The Morgan fingerprint density at radius 2 is 1.79 bits per heavy atom. The molecule has 0 aromatic heterocycles. The van der Waals surface area contributed by atoms with Gasteiger partial charge in [-0.1, -0.05) is 53.2 Å². The Hall–Kier alpha value is -1.35. The van der Waals surface area contributed by atoms with E-state index >= 15 is 0 Å². The van der Waals surface area contributed by atoms with E-state index in [4.69, 9.17) is 5.73 Å². The number of hydrogen-bond acceptors (Lipinski definition) is 2. The number of nitrogens with two attached hydrogens (primary N) is 1. The highest BCUT2D eigenvalue weighted by Crippen LogP contribution is 2.23. The van der Waals surface area contributed by atoms with E-state index in [1.165, 1.54) is 5.56 Å². The summed E-state index contributed by atoms with van der Waals surface area (Å²) in [5, 5.41) is 2.87. The van der Waals surface area contributed by atoms with Crippen LogP contribution in [0, 0.1) is 5.92 Å². The molecule has 0 aliphatic rings.